The summed E-state index contributed by atoms with van der Waals surface area (Å²) < 4.78 is 79.6. The van der Waals surface area contributed by atoms with Crippen molar-refractivity contribution < 1.29 is 26.3 Å². The van der Waals surface area contributed by atoms with Gasteiger partial charge in [0.2, 0.25) is 11.7 Å². The molecule has 1 saturated heterocycles. The third-order valence-electron chi connectivity index (χ3n) is 6.24. The fourth-order valence-electron chi connectivity index (χ4n) is 4.25. The zero-order chi connectivity index (χ0) is 23.4. The van der Waals surface area contributed by atoms with Gasteiger partial charge in [-0.1, -0.05) is 0 Å². The Hall–Kier alpha value is -2.57. The van der Waals surface area contributed by atoms with Gasteiger partial charge in [-0.2, -0.15) is 22.7 Å². The first-order valence-electron chi connectivity index (χ1n) is 10.9. The third kappa shape index (κ3) is 5.02. The molecule has 0 unspecified atom stereocenters. The van der Waals surface area contributed by atoms with Gasteiger partial charge in [-0.25, -0.2) is 18.7 Å². The number of aromatic nitrogens is 4. The van der Waals surface area contributed by atoms with Gasteiger partial charge in [0.15, 0.2) is 17.5 Å². The first kappa shape index (κ1) is 22.2. The van der Waals surface area contributed by atoms with Crippen molar-refractivity contribution in [3.63, 3.8) is 0 Å². The molecule has 1 aliphatic heterocycles. The fraction of sp³-hybridized carbons (Fsp3) is 0.650. The van der Waals surface area contributed by atoms with E-state index in [0.29, 0.717) is 11.5 Å². The number of hydrogen-bond donors (Lipinski definition) is 2. The molecule has 0 aromatic carbocycles. The summed E-state index contributed by atoms with van der Waals surface area (Å²) in [5, 5.41) is 9.58. The lowest BCUT2D eigenvalue weighted by molar-refractivity contribution is -0.146. The Labute approximate surface area is 185 Å². The molecule has 0 amide bonds. The minimum absolute atomic E-state index is 0.0513. The molecular weight excluding hydrogens is 452 g/mol. The highest BCUT2D eigenvalue weighted by Crippen LogP contribution is 2.48. The number of piperazine rings is 1. The molecular formula is C20H23F6N7. The van der Waals surface area contributed by atoms with Crippen LogP contribution in [0.3, 0.4) is 0 Å². The molecule has 3 aliphatic rings. The zero-order valence-electron chi connectivity index (χ0n) is 17.6. The molecule has 3 fully saturated rings. The van der Waals surface area contributed by atoms with E-state index in [1.807, 2.05) is 0 Å². The molecule has 2 aliphatic carbocycles. The van der Waals surface area contributed by atoms with Crippen LogP contribution >= 0.6 is 0 Å². The predicted octanol–water partition coefficient (Wildman–Crippen LogP) is 4.16. The lowest BCUT2D eigenvalue weighted by atomic mass is 9.79. The molecule has 0 atom stereocenters. The number of nitrogens with one attached hydrogen (secondary N) is 2. The Morgan fingerprint density at radius 3 is 2.36 bits per heavy atom. The molecule has 2 N–H and O–H groups in total. The molecule has 2 aromatic rings. The summed E-state index contributed by atoms with van der Waals surface area (Å²) in [5.41, 5.74) is 0.543. The minimum Gasteiger partial charge on any atom is -0.351 e. The second-order valence-electron chi connectivity index (χ2n) is 9.02. The van der Waals surface area contributed by atoms with Gasteiger partial charge >= 0.3 is 6.18 Å². The molecule has 13 heteroatoms. The van der Waals surface area contributed by atoms with Crippen LogP contribution < -0.4 is 10.2 Å². The van der Waals surface area contributed by atoms with Crippen LogP contribution in [0.15, 0.2) is 6.07 Å². The normalized spacial score (nSPS) is 21.8. The van der Waals surface area contributed by atoms with Crippen molar-refractivity contribution in [1.82, 2.24) is 25.1 Å². The second-order valence-corrected chi connectivity index (χ2v) is 9.02. The van der Waals surface area contributed by atoms with E-state index >= 15 is 4.39 Å². The van der Waals surface area contributed by atoms with Crippen molar-refractivity contribution >= 4 is 17.5 Å². The molecule has 5 rings (SSSR count). The number of aromatic amines is 1. The summed E-state index contributed by atoms with van der Waals surface area (Å²) in [4.78, 5) is 11.6. The maximum atomic E-state index is 15.4. The third-order valence-corrected chi connectivity index (χ3v) is 6.24. The average Bonchev–Trinajstić information content (AvgIpc) is 3.46. The number of halogens is 6. The van der Waals surface area contributed by atoms with Crippen LogP contribution in [-0.4, -0.2) is 69.9 Å². The highest BCUT2D eigenvalue weighted by Gasteiger charge is 2.46. The molecule has 2 aromatic heterocycles. The molecule has 3 heterocycles. The Morgan fingerprint density at radius 1 is 1.06 bits per heavy atom. The van der Waals surface area contributed by atoms with Crippen LogP contribution in [0.5, 0.6) is 0 Å². The lowest BCUT2D eigenvalue weighted by Gasteiger charge is -2.35. The van der Waals surface area contributed by atoms with E-state index in [2.05, 4.69) is 25.5 Å². The highest BCUT2D eigenvalue weighted by molar-refractivity contribution is 5.59. The zero-order valence-corrected chi connectivity index (χ0v) is 17.6. The topological polar surface area (TPSA) is 73.0 Å². The summed E-state index contributed by atoms with van der Waals surface area (Å²) in [7, 11) is 0. The number of hydrogen-bond acceptors (Lipinski definition) is 6. The number of alkyl halides is 5. The largest absolute Gasteiger partial charge is 0.401 e. The number of rotatable bonds is 6. The molecule has 2 saturated carbocycles. The Balaban J connectivity index is 1.32. The van der Waals surface area contributed by atoms with Crippen LogP contribution in [0, 0.1) is 5.82 Å². The van der Waals surface area contributed by atoms with Gasteiger partial charge in [0, 0.05) is 62.6 Å². The second kappa shape index (κ2) is 8.03. The lowest BCUT2D eigenvalue weighted by Crippen LogP contribution is -2.49. The van der Waals surface area contributed by atoms with Gasteiger partial charge in [0.05, 0.1) is 6.54 Å². The molecule has 180 valence electrons. The van der Waals surface area contributed by atoms with E-state index in [4.69, 9.17) is 0 Å². The highest BCUT2D eigenvalue weighted by atomic mass is 19.4. The molecule has 0 spiro atoms. The Bertz CT molecular complexity index is 1000. The van der Waals surface area contributed by atoms with Gasteiger partial charge in [-0.3, -0.25) is 10.00 Å². The first-order valence-corrected chi connectivity index (χ1v) is 10.9. The van der Waals surface area contributed by atoms with Gasteiger partial charge < -0.3 is 10.2 Å². The minimum atomic E-state index is -4.28. The van der Waals surface area contributed by atoms with Crippen LogP contribution in [0.1, 0.15) is 49.0 Å². The maximum Gasteiger partial charge on any atom is 0.401 e. The van der Waals surface area contributed by atoms with E-state index in [1.165, 1.54) is 4.90 Å². The van der Waals surface area contributed by atoms with Gasteiger partial charge in [-0.15, -0.1) is 0 Å². The van der Waals surface area contributed by atoms with Crippen molar-refractivity contribution in [2.24, 2.45) is 0 Å². The smallest absolute Gasteiger partial charge is 0.351 e. The monoisotopic (exact) mass is 475 g/mol. The summed E-state index contributed by atoms with van der Waals surface area (Å²) in [6, 6.07) is 1.56. The van der Waals surface area contributed by atoms with Crippen molar-refractivity contribution in [1.29, 1.82) is 0 Å². The Morgan fingerprint density at radius 2 is 1.76 bits per heavy atom. The maximum absolute atomic E-state index is 15.4. The Kier molecular flexibility index (Phi) is 5.41. The van der Waals surface area contributed by atoms with E-state index < -0.39 is 24.5 Å². The number of H-pyrrole nitrogens is 1. The van der Waals surface area contributed by atoms with Crippen molar-refractivity contribution in [3.8, 4) is 0 Å². The summed E-state index contributed by atoms with van der Waals surface area (Å²) in [6.45, 7) is -0.313. The molecule has 33 heavy (non-hydrogen) atoms. The van der Waals surface area contributed by atoms with Crippen molar-refractivity contribution in [3.05, 3.63) is 23.4 Å². The van der Waals surface area contributed by atoms with Crippen molar-refractivity contribution in [2.75, 3.05) is 42.9 Å². The standard InChI is InChI=1S/C20H23F6N7/c21-15-17(27-14-7-13(30-31-14)12-8-19(22,23)9-12)28-16(11-1-2-11)29-18(15)33-5-3-32(4-6-33)10-20(24,25)26/h7,11-12H,1-6,8-10H2,(H2,27,28,29,30,31). The predicted molar refractivity (Wildman–Crippen MR) is 107 cm³/mol. The van der Waals surface area contributed by atoms with Gasteiger partial charge in [-0.05, 0) is 12.8 Å². The first-order chi connectivity index (χ1) is 15.6. The fourth-order valence-corrected chi connectivity index (χ4v) is 4.25. The average molecular weight is 475 g/mol. The van der Waals surface area contributed by atoms with Crippen LogP contribution in [0.25, 0.3) is 0 Å². The summed E-state index contributed by atoms with van der Waals surface area (Å²) in [5.74, 6) is -2.91. The molecule has 7 nitrogen and oxygen atoms in total. The van der Waals surface area contributed by atoms with Crippen LogP contribution in [0.4, 0.5) is 43.8 Å². The van der Waals surface area contributed by atoms with Gasteiger partial charge in [0.1, 0.15) is 5.82 Å². The summed E-state index contributed by atoms with van der Waals surface area (Å²) >= 11 is 0. The van der Waals surface area contributed by atoms with E-state index in [-0.39, 0.29) is 68.3 Å². The van der Waals surface area contributed by atoms with Crippen LogP contribution in [-0.2, 0) is 0 Å². The number of nitrogens with zero attached hydrogens (tertiary/aromatic N) is 5. The quantitative estimate of drug-likeness (QED) is 0.612. The van der Waals surface area contributed by atoms with E-state index in [9.17, 15) is 22.0 Å². The van der Waals surface area contributed by atoms with Crippen molar-refractivity contribution in [2.45, 2.75) is 49.6 Å². The number of anilines is 3. The van der Waals surface area contributed by atoms with E-state index in [0.717, 1.165) is 12.8 Å². The van der Waals surface area contributed by atoms with Crippen LogP contribution in [0.2, 0.25) is 0 Å². The summed E-state index contributed by atoms with van der Waals surface area (Å²) in [6.07, 6.45) is -3.03. The SMILES string of the molecule is Fc1c(Nc2cc(C3CC(F)(F)C3)[nH]n2)nc(C2CC2)nc1N1CCN(CC(F)(F)F)CC1. The molecule has 0 radical (unpaired) electrons. The molecule has 0 bridgehead atoms. The van der Waals surface area contributed by atoms with Gasteiger partial charge in [0.25, 0.3) is 0 Å². The van der Waals surface area contributed by atoms with E-state index in [1.54, 1.807) is 11.0 Å².